The number of phenols is 1. The number of likely N-dealkylation sites (N-methyl/N-ethyl adjacent to an activating group) is 1. The molecule has 4 aromatic rings. The highest BCUT2D eigenvalue weighted by Gasteiger charge is 2.22. The Kier molecular flexibility index (Phi) is 4.13. The van der Waals surface area contributed by atoms with Crippen LogP contribution in [-0.2, 0) is 7.05 Å². The van der Waals surface area contributed by atoms with Gasteiger partial charge in [-0.05, 0) is 38.6 Å². The molecule has 5 rings (SSSR count). The number of hydrogen-bond donors (Lipinski definition) is 2. The number of anilines is 1. The van der Waals surface area contributed by atoms with Gasteiger partial charge >= 0.3 is 0 Å². The minimum Gasteiger partial charge on any atom is -0.507 e. The molecule has 7 heteroatoms. The Hall–Kier alpha value is -3.19. The van der Waals surface area contributed by atoms with E-state index in [9.17, 15) is 5.11 Å². The predicted octanol–water partition coefficient (Wildman–Crippen LogP) is 3.00. The van der Waals surface area contributed by atoms with E-state index < -0.39 is 0 Å². The molecule has 0 amide bonds. The van der Waals surface area contributed by atoms with Crippen molar-refractivity contribution in [3.8, 4) is 17.0 Å². The summed E-state index contributed by atoms with van der Waals surface area (Å²) in [5.41, 5.74) is 4.97. The molecule has 2 N–H and O–H groups in total. The third-order valence-corrected chi connectivity index (χ3v) is 5.91. The zero-order chi connectivity index (χ0) is 20.1. The average molecular weight is 388 g/mol. The first-order valence-electron chi connectivity index (χ1n) is 9.88. The molecule has 0 spiro atoms. The molecule has 0 radical (unpaired) electrons. The third-order valence-electron chi connectivity index (χ3n) is 5.91. The fourth-order valence-electron chi connectivity index (χ4n) is 4.20. The SMILES string of the molecule is CN[C@H]1CCN(c2cnc3cc(-c4cc5cn(C)nc5c(C)c4O)ncc3c2)C1. The zero-order valence-electron chi connectivity index (χ0n) is 16.8. The number of rotatable bonds is 3. The lowest BCUT2D eigenvalue weighted by molar-refractivity contribution is 0.474. The first-order valence-corrected chi connectivity index (χ1v) is 9.88. The first-order chi connectivity index (χ1) is 14.0. The van der Waals surface area contributed by atoms with Crippen LogP contribution in [0.25, 0.3) is 33.1 Å². The molecule has 4 heterocycles. The number of benzene rings is 1. The second-order valence-electron chi connectivity index (χ2n) is 7.81. The molecule has 148 valence electrons. The quantitative estimate of drug-likeness (QED) is 0.562. The standard InChI is InChI=1S/C22H24N6O/c1-13-21-15(11-27(3)26-21)7-18(22(13)29)20-8-19-14(9-24-20)6-17(10-25-19)28-5-4-16(12-28)23-2/h6-11,16,23,29H,4-5,12H2,1-3H3/t16-/m0/s1. The molecule has 1 aliphatic rings. The number of aromatic hydroxyl groups is 1. The number of hydrogen-bond acceptors (Lipinski definition) is 6. The molecule has 1 aromatic carbocycles. The van der Waals surface area contributed by atoms with E-state index in [2.05, 4.69) is 31.3 Å². The van der Waals surface area contributed by atoms with Gasteiger partial charge in [0.1, 0.15) is 5.75 Å². The van der Waals surface area contributed by atoms with Crippen LogP contribution in [0.4, 0.5) is 5.69 Å². The van der Waals surface area contributed by atoms with Gasteiger partial charge in [0, 0.05) is 60.5 Å². The van der Waals surface area contributed by atoms with Gasteiger partial charge in [-0.1, -0.05) is 0 Å². The van der Waals surface area contributed by atoms with Crippen LogP contribution < -0.4 is 10.2 Å². The van der Waals surface area contributed by atoms with Crippen LogP contribution in [0.1, 0.15) is 12.0 Å². The average Bonchev–Trinajstić information content (AvgIpc) is 3.36. The van der Waals surface area contributed by atoms with Gasteiger partial charge in [0.2, 0.25) is 0 Å². The molecule has 1 atom stereocenters. The van der Waals surface area contributed by atoms with Crippen molar-refractivity contribution >= 4 is 27.5 Å². The second kappa shape index (κ2) is 6.70. The molecule has 3 aromatic heterocycles. The zero-order valence-corrected chi connectivity index (χ0v) is 16.8. The monoisotopic (exact) mass is 388 g/mol. The predicted molar refractivity (Wildman–Crippen MR) is 115 cm³/mol. The Morgan fingerprint density at radius 1 is 1.14 bits per heavy atom. The van der Waals surface area contributed by atoms with Crippen LogP contribution in [0.3, 0.4) is 0 Å². The van der Waals surface area contributed by atoms with Crippen molar-refractivity contribution in [2.45, 2.75) is 19.4 Å². The summed E-state index contributed by atoms with van der Waals surface area (Å²) in [6, 6.07) is 6.55. The second-order valence-corrected chi connectivity index (χ2v) is 7.81. The van der Waals surface area contributed by atoms with Crippen molar-refractivity contribution in [3.63, 3.8) is 0 Å². The van der Waals surface area contributed by atoms with Crippen LogP contribution in [-0.4, -0.2) is 51.0 Å². The molecule has 0 bridgehead atoms. The van der Waals surface area contributed by atoms with Crippen LogP contribution in [0, 0.1) is 6.92 Å². The van der Waals surface area contributed by atoms with Crippen molar-refractivity contribution in [1.29, 1.82) is 0 Å². The minimum atomic E-state index is 0.217. The van der Waals surface area contributed by atoms with E-state index >= 15 is 0 Å². The number of aromatic nitrogens is 4. The van der Waals surface area contributed by atoms with Gasteiger partial charge in [0.15, 0.2) is 0 Å². The number of fused-ring (bicyclic) bond motifs is 2. The van der Waals surface area contributed by atoms with Gasteiger partial charge < -0.3 is 15.3 Å². The molecule has 1 saturated heterocycles. The van der Waals surface area contributed by atoms with Gasteiger partial charge in [-0.25, -0.2) is 0 Å². The maximum absolute atomic E-state index is 10.7. The molecular weight excluding hydrogens is 364 g/mol. The molecule has 29 heavy (non-hydrogen) atoms. The molecular formula is C22H24N6O. The Labute approximate surface area is 169 Å². The summed E-state index contributed by atoms with van der Waals surface area (Å²) in [7, 11) is 3.89. The first kappa shape index (κ1) is 17.9. The van der Waals surface area contributed by atoms with Gasteiger partial charge in [0.05, 0.1) is 28.6 Å². The highest BCUT2D eigenvalue weighted by molar-refractivity contribution is 5.92. The Morgan fingerprint density at radius 3 is 2.79 bits per heavy atom. The lowest BCUT2D eigenvalue weighted by Crippen LogP contribution is -2.29. The highest BCUT2D eigenvalue weighted by atomic mass is 16.3. The van der Waals surface area contributed by atoms with Crippen LogP contribution in [0.2, 0.25) is 0 Å². The summed E-state index contributed by atoms with van der Waals surface area (Å²) in [5, 5.41) is 20.5. The van der Waals surface area contributed by atoms with Crippen molar-refractivity contribution in [2.75, 3.05) is 25.0 Å². The summed E-state index contributed by atoms with van der Waals surface area (Å²) in [6.45, 7) is 3.91. The fraction of sp³-hybridized carbons (Fsp3) is 0.318. The fourth-order valence-corrected chi connectivity index (χ4v) is 4.20. The van der Waals surface area contributed by atoms with E-state index in [1.807, 2.05) is 51.7 Å². The van der Waals surface area contributed by atoms with E-state index in [4.69, 9.17) is 0 Å². The van der Waals surface area contributed by atoms with Crippen LogP contribution in [0.15, 0.2) is 36.8 Å². The van der Waals surface area contributed by atoms with Crippen molar-refractivity contribution in [3.05, 3.63) is 42.4 Å². The number of phenolic OH excluding ortho intramolecular Hbond substituents is 1. The van der Waals surface area contributed by atoms with E-state index in [-0.39, 0.29) is 5.75 Å². The number of nitrogens with zero attached hydrogens (tertiary/aromatic N) is 5. The van der Waals surface area contributed by atoms with E-state index in [0.717, 1.165) is 52.6 Å². The summed E-state index contributed by atoms with van der Waals surface area (Å²) in [4.78, 5) is 11.7. The molecule has 7 nitrogen and oxygen atoms in total. The topological polar surface area (TPSA) is 79.1 Å². The highest BCUT2D eigenvalue weighted by Crippen LogP contribution is 2.36. The van der Waals surface area contributed by atoms with Crippen molar-refractivity contribution in [2.24, 2.45) is 7.05 Å². The van der Waals surface area contributed by atoms with Gasteiger partial charge in [0.25, 0.3) is 0 Å². The third kappa shape index (κ3) is 2.98. The number of aryl methyl sites for hydroxylation is 2. The van der Waals surface area contributed by atoms with E-state index in [1.165, 1.54) is 0 Å². The summed E-state index contributed by atoms with van der Waals surface area (Å²) < 4.78 is 1.76. The normalized spacial score (nSPS) is 16.9. The molecule has 0 saturated carbocycles. The molecule has 1 fully saturated rings. The lowest BCUT2D eigenvalue weighted by Gasteiger charge is -2.18. The van der Waals surface area contributed by atoms with E-state index in [0.29, 0.717) is 17.3 Å². The molecule has 0 unspecified atom stereocenters. The van der Waals surface area contributed by atoms with Crippen molar-refractivity contribution in [1.82, 2.24) is 25.1 Å². The van der Waals surface area contributed by atoms with Gasteiger partial charge in [-0.15, -0.1) is 0 Å². The smallest absolute Gasteiger partial charge is 0.130 e. The van der Waals surface area contributed by atoms with Gasteiger partial charge in [-0.3, -0.25) is 14.6 Å². The van der Waals surface area contributed by atoms with E-state index in [1.54, 1.807) is 4.68 Å². The maximum Gasteiger partial charge on any atom is 0.130 e. The number of pyridine rings is 2. The van der Waals surface area contributed by atoms with Crippen LogP contribution >= 0.6 is 0 Å². The molecule has 1 aliphatic heterocycles. The summed E-state index contributed by atoms with van der Waals surface area (Å²) in [6.07, 6.45) is 6.86. The van der Waals surface area contributed by atoms with Crippen LogP contribution in [0.5, 0.6) is 5.75 Å². The lowest BCUT2D eigenvalue weighted by atomic mass is 10.0. The number of nitrogens with one attached hydrogen (secondary N) is 1. The Bertz CT molecular complexity index is 1230. The Morgan fingerprint density at radius 2 is 2.00 bits per heavy atom. The largest absolute Gasteiger partial charge is 0.507 e. The maximum atomic E-state index is 10.7. The van der Waals surface area contributed by atoms with Gasteiger partial charge in [-0.2, -0.15) is 5.10 Å². The van der Waals surface area contributed by atoms with Crippen molar-refractivity contribution < 1.29 is 5.11 Å². The minimum absolute atomic E-state index is 0.217. The summed E-state index contributed by atoms with van der Waals surface area (Å²) in [5.74, 6) is 0.217. The Balaban J connectivity index is 1.54. The molecule has 0 aliphatic carbocycles. The summed E-state index contributed by atoms with van der Waals surface area (Å²) >= 11 is 0.